The van der Waals surface area contributed by atoms with Crippen LogP contribution in [0.1, 0.15) is 31.4 Å². The predicted molar refractivity (Wildman–Crippen MR) is 55.7 cm³/mol. The van der Waals surface area contributed by atoms with Crippen LogP contribution in [-0.4, -0.2) is 10.1 Å². The molecule has 1 N–H and O–H groups in total. The van der Waals surface area contributed by atoms with E-state index in [1.807, 2.05) is 0 Å². The fraction of sp³-hybridized carbons (Fsp3) is 0.500. The van der Waals surface area contributed by atoms with E-state index in [0.717, 1.165) is 6.20 Å². The van der Waals surface area contributed by atoms with Gasteiger partial charge in [0.15, 0.2) is 0 Å². The lowest BCUT2D eigenvalue weighted by atomic mass is 9.77. The third-order valence-corrected chi connectivity index (χ3v) is 3.20. The molecular formula is C12H13FN2O. The lowest BCUT2D eigenvalue weighted by Gasteiger charge is -2.33. The quantitative estimate of drug-likeness (QED) is 0.788. The predicted octanol–water partition coefficient (Wildman–Crippen LogP) is 2.12. The number of pyridine rings is 1. The van der Waals surface area contributed by atoms with Crippen LogP contribution in [0.25, 0.3) is 0 Å². The highest BCUT2D eigenvalue weighted by Gasteiger charge is 2.35. The summed E-state index contributed by atoms with van der Waals surface area (Å²) in [5, 5.41) is 19.1. The van der Waals surface area contributed by atoms with Crippen molar-refractivity contribution in [2.24, 2.45) is 5.92 Å². The summed E-state index contributed by atoms with van der Waals surface area (Å²) in [6.45, 7) is 0. The van der Waals surface area contributed by atoms with Gasteiger partial charge in [-0.3, -0.25) is 4.98 Å². The lowest BCUT2D eigenvalue weighted by Crippen LogP contribution is -2.32. The molecule has 1 aromatic heterocycles. The van der Waals surface area contributed by atoms with E-state index in [4.69, 9.17) is 5.26 Å². The summed E-state index contributed by atoms with van der Waals surface area (Å²) < 4.78 is 12.7. The molecule has 3 nitrogen and oxygen atoms in total. The maximum atomic E-state index is 12.7. The Kier molecular flexibility index (Phi) is 2.88. The minimum absolute atomic E-state index is 0.0284. The molecule has 1 saturated carbocycles. The molecule has 1 heterocycles. The molecular weight excluding hydrogens is 207 g/mol. The van der Waals surface area contributed by atoms with E-state index in [9.17, 15) is 9.50 Å². The number of nitriles is 1. The molecule has 1 aromatic rings. The highest BCUT2D eigenvalue weighted by molar-refractivity contribution is 5.15. The molecule has 0 atom stereocenters. The van der Waals surface area contributed by atoms with Crippen LogP contribution in [0.5, 0.6) is 0 Å². The van der Waals surface area contributed by atoms with Crippen molar-refractivity contribution in [1.29, 1.82) is 5.26 Å². The first-order valence-electron chi connectivity index (χ1n) is 5.38. The molecule has 0 spiro atoms. The van der Waals surface area contributed by atoms with E-state index in [1.54, 1.807) is 0 Å². The summed E-state index contributed by atoms with van der Waals surface area (Å²) in [6.07, 6.45) is 3.50. The third-order valence-electron chi connectivity index (χ3n) is 3.20. The lowest BCUT2D eigenvalue weighted by molar-refractivity contribution is -0.0120. The Labute approximate surface area is 93.6 Å². The second kappa shape index (κ2) is 4.18. The van der Waals surface area contributed by atoms with Crippen molar-refractivity contribution in [2.75, 3.05) is 0 Å². The topological polar surface area (TPSA) is 56.9 Å². The minimum Gasteiger partial charge on any atom is -0.384 e. The molecule has 1 fully saturated rings. The van der Waals surface area contributed by atoms with Gasteiger partial charge in [0, 0.05) is 5.92 Å². The molecule has 1 aliphatic rings. The van der Waals surface area contributed by atoms with E-state index < -0.39 is 11.4 Å². The van der Waals surface area contributed by atoms with E-state index in [2.05, 4.69) is 11.1 Å². The van der Waals surface area contributed by atoms with Crippen LogP contribution < -0.4 is 0 Å². The number of aliphatic hydroxyl groups is 1. The molecule has 0 aromatic carbocycles. The fourth-order valence-electron chi connectivity index (χ4n) is 2.13. The molecule has 0 amide bonds. The second-order valence-electron chi connectivity index (χ2n) is 4.30. The van der Waals surface area contributed by atoms with Crippen molar-refractivity contribution in [3.05, 3.63) is 29.8 Å². The Bertz CT molecular complexity index is 402. The number of aromatic nitrogens is 1. The summed E-state index contributed by atoms with van der Waals surface area (Å²) in [4.78, 5) is 3.92. The van der Waals surface area contributed by atoms with Gasteiger partial charge in [0.25, 0.3) is 0 Å². The molecule has 2 rings (SSSR count). The summed E-state index contributed by atoms with van der Waals surface area (Å²) in [5.74, 6) is -0.376. The Morgan fingerprint density at radius 1 is 1.44 bits per heavy atom. The first-order valence-corrected chi connectivity index (χ1v) is 5.38. The Morgan fingerprint density at radius 2 is 2.12 bits per heavy atom. The molecule has 0 aliphatic heterocycles. The van der Waals surface area contributed by atoms with Crippen molar-refractivity contribution < 1.29 is 9.50 Å². The van der Waals surface area contributed by atoms with Crippen LogP contribution in [0.3, 0.4) is 0 Å². The number of halogens is 1. The second-order valence-corrected chi connectivity index (χ2v) is 4.30. The van der Waals surface area contributed by atoms with E-state index >= 15 is 0 Å². The van der Waals surface area contributed by atoms with Gasteiger partial charge in [-0.2, -0.15) is 5.26 Å². The summed E-state index contributed by atoms with van der Waals surface area (Å²) in [5.41, 5.74) is -0.480. The number of hydrogen-bond donors (Lipinski definition) is 1. The standard InChI is InChI=1S/C12H13FN2O/c13-10-1-2-11(15-8-10)12(16)5-3-9(7-14)4-6-12/h1-2,8-9,16H,3-6H2. The van der Waals surface area contributed by atoms with Crippen LogP contribution in [0.2, 0.25) is 0 Å². The first kappa shape index (κ1) is 11.0. The number of rotatable bonds is 1. The molecule has 0 bridgehead atoms. The molecule has 1 aliphatic carbocycles. The average Bonchev–Trinajstić information content (AvgIpc) is 2.31. The van der Waals surface area contributed by atoms with Crippen molar-refractivity contribution in [3.63, 3.8) is 0 Å². The minimum atomic E-state index is -0.985. The highest BCUT2D eigenvalue weighted by Crippen LogP contribution is 2.38. The third kappa shape index (κ3) is 2.05. The Hall–Kier alpha value is -1.47. The van der Waals surface area contributed by atoms with Gasteiger partial charge in [-0.25, -0.2) is 4.39 Å². The van der Waals surface area contributed by atoms with Gasteiger partial charge in [-0.05, 0) is 37.8 Å². The van der Waals surface area contributed by atoms with Gasteiger partial charge in [0.2, 0.25) is 0 Å². The summed E-state index contributed by atoms with van der Waals surface area (Å²) in [7, 11) is 0. The van der Waals surface area contributed by atoms with Gasteiger partial charge in [0.1, 0.15) is 11.4 Å². The van der Waals surface area contributed by atoms with Crippen molar-refractivity contribution >= 4 is 0 Å². The average molecular weight is 220 g/mol. The first-order chi connectivity index (χ1) is 7.64. The van der Waals surface area contributed by atoms with E-state index in [-0.39, 0.29) is 5.92 Å². The zero-order valence-corrected chi connectivity index (χ0v) is 8.86. The van der Waals surface area contributed by atoms with Gasteiger partial charge >= 0.3 is 0 Å². The maximum Gasteiger partial charge on any atom is 0.141 e. The van der Waals surface area contributed by atoms with Crippen LogP contribution >= 0.6 is 0 Å². The summed E-state index contributed by atoms with van der Waals surface area (Å²) >= 11 is 0. The van der Waals surface area contributed by atoms with Crippen molar-refractivity contribution in [1.82, 2.24) is 4.98 Å². The number of nitrogens with zero attached hydrogens (tertiary/aromatic N) is 2. The monoisotopic (exact) mass is 220 g/mol. The Morgan fingerprint density at radius 3 is 2.62 bits per heavy atom. The maximum absolute atomic E-state index is 12.7. The van der Waals surface area contributed by atoms with Crippen LogP contribution in [0.4, 0.5) is 4.39 Å². The van der Waals surface area contributed by atoms with Crippen LogP contribution in [-0.2, 0) is 5.60 Å². The zero-order chi connectivity index (χ0) is 11.6. The molecule has 0 radical (unpaired) electrons. The number of hydrogen-bond acceptors (Lipinski definition) is 3. The van der Waals surface area contributed by atoms with Crippen LogP contribution in [0.15, 0.2) is 18.3 Å². The molecule has 0 unspecified atom stereocenters. The van der Waals surface area contributed by atoms with Gasteiger partial charge in [-0.15, -0.1) is 0 Å². The largest absolute Gasteiger partial charge is 0.384 e. The van der Waals surface area contributed by atoms with Gasteiger partial charge in [0.05, 0.1) is 18.0 Å². The van der Waals surface area contributed by atoms with Crippen molar-refractivity contribution in [3.8, 4) is 6.07 Å². The zero-order valence-electron chi connectivity index (χ0n) is 8.86. The fourth-order valence-corrected chi connectivity index (χ4v) is 2.13. The summed E-state index contributed by atoms with van der Waals surface area (Å²) in [6, 6.07) is 5.03. The molecule has 0 saturated heterocycles. The smallest absolute Gasteiger partial charge is 0.141 e. The van der Waals surface area contributed by atoms with E-state index in [0.29, 0.717) is 31.4 Å². The molecule has 84 valence electrons. The van der Waals surface area contributed by atoms with Gasteiger partial charge < -0.3 is 5.11 Å². The Balaban J connectivity index is 2.15. The SMILES string of the molecule is N#CC1CCC(O)(c2ccc(F)cn2)CC1. The normalized spacial score (nSPS) is 29.7. The van der Waals surface area contributed by atoms with Crippen molar-refractivity contribution in [2.45, 2.75) is 31.3 Å². The van der Waals surface area contributed by atoms with Crippen LogP contribution in [0, 0.1) is 23.1 Å². The molecule has 4 heteroatoms. The van der Waals surface area contributed by atoms with E-state index in [1.165, 1.54) is 12.1 Å². The highest BCUT2D eigenvalue weighted by atomic mass is 19.1. The molecule has 16 heavy (non-hydrogen) atoms. The van der Waals surface area contributed by atoms with Gasteiger partial charge in [-0.1, -0.05) is 0 Å².